The molecule has 11 nitrogen and oxygen atoms in total. The quantitative estimate of drug-likeness (QED) is 0.279. The number of fused-ring (bicyclic) bond motifs is 1. The van der Waals surface area contributed by atoms with Crippen LogP contribution < -0.4 is 26.4 Å². The number of amides is 2. The molecule has 2 aromatic carbocycles. The minimum absolute atomic E-state index is 0.0403. The summed E-state index contributed by atoms with van der Waals surface area (Å²) in [6.07, 6.45) is 4.64. The molecule has 0 bridgehead atoms. The van der Waals surface area contributed by atoms with Gasteiger partial charge in [-0.3, -0.25) is 19.4 Å². The van der Waals surface area contributed by atoms with E-state index in [1.54, 1.807) is 22.7 Å². The standard InChI is InChI=1S/C37H41N7O4/c1-41(2)28-8-9-30-24(18-28)11-12-44(36(30)47)32-6-4-5-29(31(32)20-38)27-17-26(34(45)42(3)22-27)19-37(23-40-37)33-10-7-25(21-39-33)35(46)43-13-15-48-16-14-43/h4-10,17-18,21-22,40H,11-16,19-20,23,38H2,1-3H3. The van der Waals surface area contributed by atoms with Gasteiger partial charge in [-0.2, -0.15) is 0 Å². The van der Waals surface area contributed by atoms with E-state index in [2.05, 4.69) is 16.4 Å². The van der Waals surface area contributed by atoms with E-state index < -0.39 is 5.54 Å². The first-order valence-corrected chi connectivity index (χ1v) is 16.4. The van der Waals surface area contributed by atoms with Crippen LogP contribution in [0.5, 0.6) is 0 Å². The molecule has 0 saturated carbocycles. The van der Waals surface area contributed by atoms with E-state index in [0.717, 1.165) is 45.7 Å². The van der Waals surface area contributed by atoms with Gasteiger partial charge in [-0.1, -0.05) is 12.1 Å². The maximum Gasteiger partial charge on any atom is 0.258 e. The number of aryl methyl sites for hydroxylation is 1. The van der Waals surface area contributed by atoms with Crippen molar-refractivity contribution in [3.05, 3.63) is 111 Å². The van der Waals surface area contributed by atoms with Crippen LogP contribution >= 0.6 is 0 Å². The highest BCUT2D eigenvalue weighted by atomic mass is 16.5. The summed E-state index contributed by atoms with van der Waals surface area (Å²) in [5.74, 6) is -0.0925. The second kappa shape index (κ2) is 12.6. The number of morpholine rings is 1. The average molecular weight is 648 g/mol. The first-order valence-electron chi connectivity index (χ1n) is 16.4. The molecule has 48 heavy (non-hydrogen) atoms. The maximum absolute atomic E-state index is 13.8. The largest absolute Gasteiger partial charge is 0.378 e. The SMILES string of the molecule is CN(C)c1ccc2c(c1)CCN(c1cccc(-c3cc(CC4(c5ccc(C(=O)N6CCOCC6)cn5)CN4)c(=O)n(C)c3)c1CN)C2=O. The molecule has 5 heterocycles. The van der Waals surface area contributed by atoms with Crippen LogP contribution in [0, 0.1) is 0 Å². The summed E-state index contributed by atoms with van der Waals surface area (Å²) in [7, 11) is 5.74. The molecule has 0 aliphatic carbocycles. The molecule has 1 unspecified atom stereocenters. The number of hydrogen-bond acceptors (Lipinski definition) is 8. The highest BCUT2D eigenvalue weighted by Gasteiger charge is 2.46. The fraction of sp³-hybridized carbons (Fsp3) is 0.351. The van der Waals surface area contributed by atoms with E-state index in [1.165, 1.54) is 0 Å². The number of benzene rings is 2. The number of pyridine rings is 2. The molecule has 4 aromatic rings. The van der Waals surface area contributed by atoms with E-state index in [4.69, 9.17) is 10.5 Å². The molecule has 2 amide bonds. The Hall–Kier alpha value is -4.84. The maximum atomic E-state index is 13.8. The van der Waals surface area contributed by atoms with Crippen LogP contribution in [0.25, 0.3) is 11.1 Å². The summed E-state index contributed by atoms with van der Waals surface area (Å²) in [5.41, 5.74) is 14.0. The summed E-state index contributed by atoms with van der Waals surface area (Å²) in [6.45, 7) is 3.67. The summed E-state index contributed by atoms with van der Waals surface area (Å²) in [6, 6.07) is 17.5. The number of carbonyl (C=O) groups is 2. The van der Waals surface area contributed by atoms with Gasteiger partial charge in [-0.15, -0.1) is 0 Å². The third-order valence-corrected chi connectivity index (χ3v) is 9.80. The number of nitrogens with one attached hydrogen (secondary N) is 1. The lowest BCUT2D eigenvalue weighted by atomic mass is 9.92. The van der Waals surface area contributed by atoms with Crippen LogP contribution in [-0.2, 0) is 36.7 Å². The third-order valence-electron chi connectivity index (χ3n) is 9.80. The molecular formula is C37H41N7O4. The first-order chi connectivity index (χ1) is 23.2. The average Bonchev–Trinajstić information content (AvgIpc) is 3.90. The van der Waals surface area contributed by atoms with Crippen LogP contribution in [0.3, 0.4) is 0 Å². The molecule has 7 rings (SSSR count). The first kappa shape index (κ1) is 31.7. The zero-order chi connectivity index (χ0) is 33.6. The van der Waals surface area contributed by atoms with Crippen molar-refractivity contribution in [2.24, 2.45) is 12.8 Å². The number of carbonyl (C=O) groups excluding carboxylic acids is 2. The zero-order valence-electron chi connectivity index (χ0n) is 27.7. The third kappa shape index (κ3) is 5.78. The smallest absolute Gasteiger partial charge is 0.258 e. The van der Waals surface area contributed by atoms with Crippen molar-refractivity contribution in [3.63, 3.8) is 0 Å². The molecule has 2 saturated heterocycles. The minimum Gasteiger partial charge on any atom is -0.378 e. The fourth-order valence-electron chi connectivity index (χ4n) is 6.93. The lowest BCUT2D eigenvalue weighted by molar-refractivity contribution is 0.0302. The van der Waals surface area contributed by atoms with Crippen LogP contribution in [0.1, 0.15) is 43.1 Å². The molecule has 1 atom stereocenters. The van der Waals surface area contributed by atoms with Crippen molar-refractivity contribution in [1.82, 2.24) is 19.8 Å². The summed E-state index contributed by atoms with van der Waals surface area (Å²) in [4.78, 5) is 50.5. The molecule has 11 heteroatoms. The van der Waals surface area contributed by atoms with Gasteiger partial charge in [0, 0.05) is 95.2 Å². The van der Waals surface area contributed by atoms with Gasteiger partial charge < -0.3 is 35.1 Å². The van der Waals surface area contributed by atoms with Crippen molar-refractivity contribution in [2.45, 2.75) is 24.9 Å². The number of nitrogens with two attached hydrogens (primary N) is 1. The monoisotopic (exact) mass is 647 g/mol. The Balaban J connectivity index is 1.17. The number of hydrogen-bond donors (Lipinski definition) is 2. The summed E-state index contributed by atoms with van der Waals surface area (Å²) >= 11 is 0. The van der Waals surface area contributed by atoms with Crippen molar-refractivity contribution >= 4 is 23.2 Å². The molecule has 0 spiro atoms. The molecule has 0 radical (unpaired) electrons. The van der Waals surface area contributed by atoms with E-state index in [1.807, 2.05) is 78.6 Å². The Bertz CT molecular complexity index is 1940. The number of ether oxygens (including phenoxy) is 1. The fourth-order valence-corrected chi connectivity index (χ4v) is 6.93. The van der Waals surface area contributed by atoms with E-state index in [0.29, 0.717) is 62.5 Å². The van der Waals surface area contributed by atoms with E-state index in [-0.39, 0.29) is 23.9 Å². The number of nitrogens with zero attached hydrogens (tertiary/aromatic N) is 5. The molecular weight excluding hydrogens is 606 g/mol. The van der Waals surface area contributed by atoms with Crippen molar-refractivity contribution in [1.29, 1.82) is 0 Å². The molecule has 2 fully saturated rings. The molecule has 3 N–H and O–H groups in total. The molecule has 248 valence electrons. The Morgan fingerprint density at radius 3 is 2.52 bits per heavy atom. The van der Waals surface area contributed by atoms with Crippen LogP contribution in [-0.4, -0.2) is 79.8 Å². The highest BCUT2D eigenvalue weighted by molar-refractivity contribution is 6.09. The van der Waals surface area contributed by atoms with Crippen molar-refractivity contribution < 1.29 is 14.3 Å². The predicted octanol–water partition coefficient (Wildman–Crippen LogP) is 2.69. The zero-order valence-corrected chi connectivity index (χ0v) is 27.7. The second-order valence-corrected chi connectivity index (χ2v) is 13.1. The topological polar surface area (TPSA) is 136 Å². The minimum atomic E-state index is -0.496. The van der Waals surface area contributed by atoms with E-state index >= 15 is 0 Å². The molecule has 3 aliphatic rings. The summed E-state index contributed by atoms with van der Waals surface area (Å²) < 4.78 is 6.98. The van der Waals surface area contributed by atoms with Gasteiger partial charge in [0.1, 0.15) is 0 Å². The van der Waals surface area contributed by atoms with E-state index in [9.17, 15) is 14.4 Å². The molecule has 3 aliphatic heterocycles. The van der Waals surface area contributed by atoms with Crippen molar-refractivity contribution in [2.75, 3.05) is 63.3 Å². The summed E-state index contributed by atoms with van der Waals surface area (Å²) in [5, 5.41) is 3.44. The van der Waals surface area contributed by atoms with Gasteiger partial charge in [0.15, 0.2) is 0 Å². The Kier molecular flexibility index (Phi) is 8.36. The van der Waals surface area contributed by atoms with Crippen LogP contribution in [0.2, 0.25) is 0 Å². The Morgan fingerprint density at radius 1 is 1.04 bits per heavy atom. The van der Waals surface area contributed by atoms with Crippen molar-refractivity contribution in [3.8, 4) is 11.1 Å². The van der Waals surface area contributed by atoms with Gasteiger partial charge in [0.2, 0.25) is 0 Å². The highest BCUT2D eigenvalue weighted by Crippen LogP contribution is 2.37. The van der Waals surface area contributed by atoms with Gasteiger partial charge >= 0.3 is 0 Å². The normalized spacial score (nSPS) is 18.9. The van der Waals surface area contributed by atoms with Crippen LogP contribution in [0.15, 0.2) is 71.8 Å². The van der Waals surface area contributed by atoms with Gasteiger partial charge in [0.05, 0.1) is 30.0 Å². The lowest BCUT2D eigenvalue weighted by Crippen LogP contribution is -2.40. The predicted molar refractivity (Wildman–Crippen MR) is 186 cm³/mol. The van der Waals surface area contributed by atoms with Gasteiger partial charge in [-0.05, 0) is 71.1 Å². The number of rotatable bonds is 8. The lowest BCUT2D eigenvalue weighted by Gasteiger charge is -2.31. The van der Waals surface area contributed by atoms with Crippen LogP contribution in [0.4, 0.5) is 11.4 Å². The second-order valence-electron chi connectivity index (χ2n) is 13.1. The number of anilines is 2. The Labute approximate surface area is 279 Å². The Morgan fingerprint density at radius 2 is 1.83 bits per heavy atom. The number of aromatic nitrogens is 2. The van der Waals surface area contributed by atoms with Gasteiger partial charge in [-0.25, -0.2) is 0 Å². The molecule has 2 aromatic heterocycles. The van der Waals surface area contributed by atoms with Gasteiger partial charge in [0.25, 0.3) is 17.4 Å².